The van der Waals surface area contributed by atoms with Crippen LogP contribution in [0.5, 0.6) is 11.5 Å². The van der Waals surface area contributed by atoms with Crippen LogP contribution in [0.4, 0.5) is 5.13 Å². The number of rotatable bonds is 8. The van der Waals surface area contributed by atoms with Crippen molar-refractivity contribution in [2.45, 2.75) is 20.3 Å². The zero-order chi connectivity index (χ0) is 19.1. The van der Waals surface area contributed by atoms with E-state index in [0.717, 1.165) is 33.3 Å². The van der Waals surface area contributed by atoms with Crippen molar-refractivity contribution in [1.29, 1.82) is 0 Å². The summed E-state index contributed by atoms with van der Waals surface area (Å²) in [7, 11) is 1.64. The normalized spacial score (nSPS) is 10.9. The monoisotopic (exact) mass is 381 g/mol. The van der Waals surface area contributed by atoms with Gasteiger partial charge in [0.05, 0.1) is 25.6 Å². The first kappa shape index (κ1) is 18.9. The molecule has 3 rings (SSSR count). The number of nitrogens with zero attached hydrogens (tertiary/aromatic N) is 2. The number of ether oxygens (including phenoxy) is 2. The topological polar surface area (TPSA) is 55.7 Å². The quantitative estimate of drug-likeness (QED) is 0.421. The minimum Gasteiger partial charge on any atom is -0.493 e. The maximum Gasteiger partial charge on any atom is 0.204 e. The van der Waals surface area contributed by atoms with E-state index in [1.54, 1.807) is 24.7 Å². The van der Waals surface area contributed by atoms with Gasteiger partial charge in [0.15, 0.2) is 11.5 Å². The average Bonchev–Trinajstić information content (AvgIpc) is 3.07. The number of aryl methyl sites for hydroxylation is 1. The Kier molecular flexibility index (Phi) is 6.44. The Morgan fingerprint density at radius 3 is 2.70 bits per heavy atom. The second kappa shape index (κ2) is 9.19. The van der Waals surface area contributed by atoms with Crippen LogP contribution in [0.15, 0.2) is 53.6 Å². The second-order valence-electron chi connectivity index (χ2n) is 5.89. The molecule has 27 heavy (non-hydrogen) atoms. The third-order valence-electron chi connectivity index (χ3n) is 3.89. The number of nitrogens with one attached hydrogen (secondary N) is 1. The molecule has 1 N–H and O–H groups in total. The molecule has 1 heterocycles. The van der Waals surface area contributed by atoms with Gasteiger partial charge < -0.3 is 9.47 Å². The smallest absolute Gasteiger partial charge is 0.204 e. The van der Waals surface area contributed by atoms with E-state index < -0.39 is 0 Å². The van der Waals surface area contributed by atoms with Crippen molar-refractivity contribution in [3.05, 3.63) is 59.0 Å². The Bertz CT molecular complexity index is 907. The lowest BCUT2D eigenvalue weighted by atomic mass is 10.1. The summed E-state index contributed by atoms with van der Waals surface area (Å²) in [5.41, 5.74) is 5.96. The Labute approximate surface area is 163 Å². The van der Waals surface area contributed by atoms with Crippen LogP contribution >= 0.6 is 11.3 Å². The zero-order valence-electron chi connectivity index (χ0n) is 15.7. The summed E-state index contributed by atoms with van der Waals surface area (Å²) in [5, 5.41) is 5.09. The lowest BCUT2D eigenvalue weighted by Crippen LogP contribution is -2.01. The van der Waals surface area contributed by atoms with Crippen molar-refractivity contribution < 1.29 is 9.47 Å². The van der Waals surface area contributed by atoms with E-state index in [4.69, 9.17) is 9.47 Å². The van der Waals surface area contributed by atoms with Crippen molar-refractivity contribution in [2.24, 2.45) is 5.10 Å². The molecule has 0 amide bonds. The van der Waals surface area contributed by atoms with E-state index in [1.165, 1.54) is 0 Å². The summed E-state index contributed by atoms with van der Waals surface area (Å²) in [5.74, 6) is 1.40. The van der Waals surface area contributed by atoms with Gasteiger partial charge in [-0.05, 0) is 25.5 Å². The van der Waals surface area contributed by atoms with Gasteiger partial charge in [0.25, 0.3) is 0 Å². The fraction of sp³-hybridized carbons (Fsp3) is 0.238. The molecule has 140 valence electrons. The highest BCUT2D eigenvalue weighted by molar-refractivity contribution is 7.15. The van der Waals surface area contributed by atoms with Gasteiger partial charge in [0.1, 0.15) is 0 Å². The highest BCUT2D eigenvalue weighted by Crippen LogP contribution is 2.31. The number of thiazole rings is 1. The number of hydrogen-bond acceptors (Lipinski definition) is 6. The first-order chi connectivity index (χ1) is 13.2. The summed E-state index contributed by atoms with van der Waals surface area (Å²) in [6.07, 6.45) is 2.65. The van der Waals surface area contributed by atoms with Crippen LogP contribution in [0, 0.1) is 6.92 Å². The van der Waals surface area contributed by atoms with E-state index in [9.17, 15) is 0 Å². The van der Waals surface area contributed by atoms with Gasteiger partial charge in [0, 0.05) is 16.0 Å². The number of para-hydroxylation sites is 1. The van der Waals surface area contributed by atoms with Crippen LogP contribution in [-0.4, -0.2) is 24.9 Å². The maximum atomic E-state index is 5.84. The predicted molar refractivity (Wildman–Crippen MR) is 112 cm³/mol. The maximum absolute atomic E-state index is 5.84. The minimum atomic E-state index is 0.626. The SMILES string of the molecule is CCCOc1c(/C=N\Nc2nc(-c3ccccc3)c(C)s2)cccc1OC. The molecule has 5 nitrogen and oxygen atoms in total. The first-order valence-corrected chi connectivity index (χ1v) is 9.66. The van der Waals surface area contributed by atoms with Gasteiger partial charge in [-0.3, -0.25) is 5.43 Å². The van der Waals surface area contributed by atoms with Gasteiger partial charge >= 0.3 is 0 Å². The van der Waals surface area contributed by atoms with Gasteiger partial charge in [-0.2, -0.15) is 5.10 Å². The molecular formula is C21H23N3O2S. The van der Waals surface area contributed by atoms with E-state index in [0.29, 0.717) is 18.1 Å². The van der Waals surface area contributed by atoms with Crippen LogP contribution < -0.4 is 14.9 Å². The van der Waals surface area contributed by atoms with Crippen LogP contribution in [0.3, 0.4) is 0 Å². The summed E-state index contributed by atoms with van der Waals surface area (Å²) in [6, 6.07) is 15.9. The van der Waals surface area contributed by atoms with Crippen molar-refractivity contribution in [2.75, 3.05) is 19.1 Å². The Hall–Kier alpha value is -2.86. The largest absolute Gasteiger partial charge is 0.493 e. The highest BCUT2D eigenvalue weighted by atomic mass is 32.1. The molecular weight excluding hydrogens is 358 g/mol. The number of anilines is 1. The highest BCUT2D eigenvalue weighted by Gasteiger charge is 2.10. The van der Waals surface area contributed by atoms with Gasteiger partial charge in [-0.1, -0.05) is 43.3 Å². The van der Waals surface area contributed by atoms with Gasteiger partial charge in [-0.25, -0.2) is 4.98 Å². The van der Waals surface area contributed by atoms with Crippen LogP contribution in [0.1, 0.15) is 23.8 Å². The van der Waals surface area contributed by atoms with E-state index in [1.807, 2.05) is 36.4 Å². The molecule has 0 spiro atoms. The van der Waals surface area contributed by atoms with Crippen molar-refractivity contribution in [1.82, 2.24) is 4.98 Å². The average molecular weight is 382 g/mol. The molecule has 0 saturated heterocycles. The predicted octanol–water partition coefficient (Wildman–Crippen LogP) is 5.36. The van der Waals surface area contributed by atoms with Crippen molar-refractivity contribution in [3.63, 3.8) is 0 Å². The van der Waals surface area contributed by atoms with Gasteiger partial charge in [0.2, 0.25) is 5.13 Å². The number of hydrogen-bond donors (Lipinski definition) is 1. The van der Waals surface area contributed by atoms with Gasteiger partial charge in [-0.15, -0.1) is 11.3 Å². The molecule has 2 aromatic carbocycles. The van der Waals surface area contributed by atoms with E-state index in [-0.39, 0.29) is 0 Å². The molecule has 0 saturated carbocycles. The van der Waals surface area contributed by atoms with Crippen LogP contribution in [0.2, 0.25) is 0 Å². The molecule has 0 unspecified atom stereocenters. The fourth-order valence-electron chi connectivity index (χ4n) is 2.62. The van der Waals surface area contributed by atoms with E-state index >= 15 is 0 Å². The Morgan fingerprint density at radius 1 is 1.15 bits per heavy atom. The van der Waals surface area contributed by atoms with Crippen molar-refractivity contribution >= 4 is 22.7 Å². The summed E-state index contributed by atoms with van der Waals surface area (Å²) >= 11 is 1.58. The molecule has 0 aliphatic carbocycles. The summed E-state index contributed by atoms with van der Waals surface area (Å²) in [4.78, 5) is 5.80. The number of hydrazone groups is 1. The zero-order valence-corrected chi connectivity index (χ0v) is 16.5. The summed E-state index contributed by atoms with van der Waals surface area (Å²) in [6.45, 7) is 4.76. The molecule has 0 aliphatic heterocycles. The first-order valence-electron chi connectivity index (χ1n) is 8.84. The standard InChI is InChI=1S/C21H23N3O2S/c1-4-13-26-20-17(11-8-12-18(20)25-3)14-22-24-21-23-19(15(2)27-21)16-9-6-5-7-10-16/h5-12,14H,4,13H2,1-3H3,(H,23,24)/b22-14-. The lowest BCUT2D eigenvalue weighted by molar-refractivity contribution is 0.294. The third kappa shape index (κ3) is 4.65. The minimum absolute atomic E-state index is 0.626. The fourth-order valence-corrected chi connectivity index (χ4v) is 3.40. The molecule has 6 heteroatoms. The molecule has 0 atom stereocenters. The molecule has 0 bridgehead atoms. The Balaban J connectivity index is 1.77. The molecule has 0 radical (unpaired) electrons. The van der Waals surface area contributed by atoms with Crippen LogP contribution in [-0.2, 0) is 0 Å². The number of benzene rings is 2. The molecule has 1 aromatic heterocycles. The van der Waals surface area contributed by atoms with Crippen LogP contribution in [0.25, 0.3) is 11.3 Å². The lowest BCUT2D eigenvalue weighted by Gasteiger charge is -2.12. The summed E-state index contributed by atoms with van der Waals surface area (Å²) < 4.78 is 11.2. The van der Waals surface area contributed by atoms with E-state index in [2.05, 4.69) is 41.5 Å². The molecule has 0 fully saturated rings. The number of aromatic nitrogens is 1. The molecule has 0 aliphatic rings. The second-order valence-corrected chi connectivity index (χ2v) is 7.09. The number of methoxy groups -OCH3 is 1. The molecule has 3 aromatic rings. The Morgan fingerprint density at radius 2 is 1.96 bits per heavy atom. The third-order valence-corrected chi connectivity index (χ3v) is 4.76. The van der Waals surface area contributed by atoms with Crippen molar-refractivity contribution in [3.8, 4) is 22.8 Å².